The highest BCUT2D eigenvalue weighted by Crippen LogP contribution is 2.21. The van der Waals surface area contributed by atoms with Crippen LogP contribution in [0.4, 0.5) is 0 Å². The van der Waals surface area contributed by atoms with Crippen molar-refractivity contribution < 1.29 is 0 Å². The Morgan fingerprint density at radius 3 is 2.76 bits per heavy atom. The molecule has 0 bridgehead atoms. The number of rotatable bonds is 1. The van der Waals surface area contributed by atoms with E-state index in [4.69, 9.17) is 11.6 Å². The smallest absolute Gasteiger partial charge is 0.160 e. The van der Waals surface area contributed by atoms with Gasteiger partial charge in [-0.05, 0) is 30.3 Å². The monoisotopic (exact) mass is 241 g/mol. The highest BCUT2D eigenvalue weighted by Gasteiger charge is 2.03. The second kappa shape index (κ2) is 4.11. The molecule has 4 heteroatoms. The normalized spacial score (nSPS) is 10.6. The van der Waals surface area contributed by atoms with Gasteiger partial charge in [0.2, 0.25) is 0 Å². The number of fused-ring (bicyclic) bond motifs is 1. The van der Waals surface area contributed by atoms with Gasteiger partial charge in [-0.15, -0.1) is 0 Å². The van der Waals surface area contributed by atoms with Gasteiger partial charge in [0.25, 0.3) is 0 Å². The molecule has 3 nitrogen and oxygen atoms in total. The Bertz CT molecular complexity index is 682. The number of pyridine rings is 1. The Balaban J connectivity index is 2.18. The van der Waals surface area contributed by atoms with Gasteiger partial charge < -0.3 is 0 Å². The summed E-state index contributed by atoms with van der Waals surface area (Å²) in [4.78, 5) is 12.7. The highest BCUT2D eigenvalue weighted by molar-refractivity contribution is 6.29. The van der Waals surface area contributed by atoms with Gasteiger partial charge in [0, 0.05) is 23.3 Å². The molecule has 3 rings (SSSR count). The van der Waals surface area contributed by atoms with Crippen molar-refractivity contribution in [2.45, 2.75) is 0 Å². The van der Waals surface area contributed by atoms with E-state index in [1.54, 1.807) is 18.5 Å². The van der Waals surface area contributed by atoms with E-state index in [0.29, 0.717) is 11.0 Å². The van der Waals surface area contributed by atoms with Crippen LogP contribution in [0.15, 0.2) is 48.8 Å². The maximum atomic E-state index is 5.85. The van der Waals surface area contributed by atoms with Crippen LogP contribution in [0.1, 0.15) is 0 Å². The van der Waals surface area contributed by atoms with Gasteiger partial charge in [-0.25, -0.2) is 9.97 Å². The molecule has 0 N–H and O–H groups in total. The molecule has 0 atom stereocenters. The number of hydrogen-bond acceptors (Lipinski definition) is 3. The molecule has 0 saturated heterocycles. The molecule has 0 fully saturated rings. The van der Waals surface area contributed by atoms with Crippen molar-refractivity contribution >= 4 is 22.5 Å². The lowest BCUT2D eigenvalue weighted by atomic mass is 10.1. The second-order valence-corrected chi connectivity index (χ2v) is 4.00. The summed E-state index contributed by atoms with van der Waals surface area (Å²) in [5.74, 6) is 0.628. The third-order valence-electron chi connectivity index (χ3n) is 2.48. The standard InChI is InChI=1S/C13H8ClN3/c14-12-5-7-16-13(17-12)10-3-4-11-9(8-10)2-1-6-15-11/h1-8H. The number of nitrogens with zero attached hydrogens (tertiary/aromatic N) is 3. The van der Waals surface area contributed by atoms with Crippen LogP contribution in [0.25, 0.3) is 22.3 Å². The summed E-state index contributed by atoms with van der Waals surface area (Å²) in [7, 11) is 0. The average molecular weight is 242 g/mol. The van der Waals surface area contributed by atoms with Gasteiger partial charge in [-0.3, -0.25) is 4.98 Å². The fourth-order valence-corrected chi connectivity index (χ4v) is 1.83. The molecule has 0 aliphatic heterocycles. The zero-order valence-corrected chi connectivity index (χ0v) is 9.59. The zero-order chi connectivity index (χ0) is 11.7. The minimum absolute atomic E-state index is 0.446. The number of halogens is 1. The van der Waals surface area contributed by atoms with Crippen LogP contribution in [0.3, 0.4) is 0 Å². The zero-order valence-electron chi connectivity index (χ0n) is 8.84. The van der Waals surface area contributed by atoms with Crippen molar-refractivity contribution in [3.05, 3.63) is 53.9 Å². The molecule has 1 aromatic carbocycles. The van der Waals surface area contributed by atoms with Crippen molar-refractivity contribution in [3.63, 3.8) is 0 Å². The highest BCUT2D eigenvalue weighted by atomic mass is 35.5. The molecule has 0 aliphatic carbocycles. The van der Waals surface area contributed by atoms with Crippen molar-refractivity contribution in [1.82, 2.24) is 15.0 Å². The van der Waals surface area contributed by atoms with Gasteiger partial charge in [-0.1, -0.05) is 17.7 Å². The Labute approximate surface area is 103 Å². The fourth-order valence-electron chi connectivity index (χ4n) is 1.69. The van der Waals surface area contributed by atoms with Crippen molar-refractivity contribution in [1.29, 1.82) is 0 Å². The molecular formula is C13H8ClN3. The molecule has 2 aromatic heterocycles. The third kappa shape index (κ3) is 1.97. The molecule has 0 aliphatic rings. The minimum Gasteiger partial charge on any atom is -0.256 e. The van der Waals surface area contributed by atoms with Crippen LogP contribution in [0, 0.1) is 0 Å². The van der Waals surface area contributed by atoms with E-state index < -0.39 is 0 Å². The minimum atomic E-state index is 0.446. The quantitative estimate of drug-likeness (QED) is 0.614. The summed E-state index contributed by atoms with van der Waals surface area (Å²) in [5, 5.41) is 1.51. The van der Waals surface area contributed by atoms with E-state index >= 15 is 0 Å². The largest absolute Gasteiger partial charge is 0.256 e. The van der Waals surface area contributed by atoms with Crippen molar-refractivity contribution in [2.75, 3.05) is 0 Å². The first-order chi connectivity index (χ1) is 8.33. The Morgan fingerprint density at radius 1 is 0.941 bits per heavy atom. The SMILES string of the molecule is Clc1ccnc(-c2ccc3ncccc3c2)n1. The fraction of sp³-hybridized carbons (Fsp3) is 0. The summed E-state index contributed by atoms with van der Waals surface area (Å²) in [6.45, 7) is 0. The molecule has 3 aromatic rings. The summed E-state index contributed by atoms with van der Waals surface area (Å²) in [6, 6.07) is 11.5. The van der Waals surface area contributed by atoms with Crippen LogP contribution in [0.5, 0.6) is 0 Å². The van der Waals surface area contributed by atoms with E-state index in [9.17, 15) is 0 Å². The summed E-state index contributed by atoms with van der Waals surface area (Å²) < 4.78 is 0. The molecule has 0 saturated carbocycles. The van der Waals surface area contributed by atoms with E-state index in [-0.39, 0.29) is 0 Å². The van der Waals surface area contributed by atoms with Gasteiger partial charge in [0.05, 0.1) is 5.52 Å². The van der Waals surface area contributed by atoms with Crippen LogP contribution >= 0.6 is 11.6 Å². The predicted octanol–water partition coefficient (Wildman–Crippen LogP) is 3.35. The van der Waals surface area contributed by atoms with Crippen LogP contribution in [-0.4, -0.2) is 15.0 Å². The maximum absolute atomic E-state index is 5.85. The predicted molar refractivity (Wildman–Crippen MR) is 67.8 cm³/mol. The van der Waals surface area contributed by atoms with Crippen LogP contribution in [-0.2, 0) is 0 Å². The summed E-state index contributed by atoms with van der Waals surface area (Å²) in [5.41, 5.74) is 1.89. The average Bonchev–Trinajstić information content (AvgIpc) is 2.38. The molecule has 0 radical (unpaired) electrons. The maximum Gasteiger partial charge on any atom is 0.160 e. The first-order valence-electron chi connectivity index (χ1n) is 5.17. The number of aromatic nitrogens is 3. The molecule has 0 spiro atoms. The van der Waals surface area contributed by atoms with E-state index in [0.717, 1.165) is 16.5 Å². The lowest BCUT2D eigenvalue weighted by molar-refractivity contribution is 1.18. The van der Waals surface area contributed by atoms with Crippen molar-refractivity contribution in [2.24, 2.45) is 0 Å². The first-order valence-corrected chi connectivity index (χ1v) is 5.54. The molecule has 0 amide bonds. The molecule has 2 heterocycles. The molecule has 17 heavy (non-hydrogen) atoms. The Morgan fingerprint density at radius 2 is 1.88 bits per heavy atom. The summed E-state index contributed by atoms with van der Waals surface area (Å²) >= 11 is 5.85. The van der Waals surface area contributed by atoms with Crippen LogP contribution in [0.2, 0.25) is 5.15 Å². The van der Waals surface area contributed by atoms with E-state index in [2.05, 4.69) is 15.0 Å². The second-order valence-electron chi connectivity index (χ2n) is 3.61. The van der Waals surface area contributed by atoms with Gasteiger partial charge in [-0.2, -0.15) is 0 Å². The van der Waals surface area contributed by atoms with Gasteiger partial charge >= 0.3 is 0 Å². The van der Waals surface area contributed by atoms with Gasteiger partial charge in [0.15, 0.2) is 5.82 Å². The number of benzene rings is 1. The number of hydrogen-bond donors (Lipinski definition) is 0. The van der Waals surface area contributed by atoms with E-state index in [1.165, 1.54) is 0 Å². The van der Waals surface area contributed by atoms with Crippen LogP contribution < -0.4 is 0 Å². The van der Waals surface area contributed by atoms with E-state index in [1.807, 2.05) is 30.3 Å². The summed E-state index contributed by atoms with van der Waals surface area (Å²) in [6.07, 6.45) is 3.43. The molecule has 82 valence electrons. The topological polar surface area (TPSA) is 38.7 Å². The Hall–Kier alpha value is -2.00. The van der Waals surface area contributed by atoms with Crippen molar-refractivity contribution in [3.8, 4) is 11.4 Å². The first kappa shape index (κ1) is 10.2. The van der Waals surface area contributed by atoms with Gasteiger partial charge in [0.1, 0.15) is 5.15 Å². The third-order valence-corrected chi connectivity index (χ3v) is 2.69. The molecule has 0 unspecified atom stereocenters. The lowest BCUT2D eigenvalue weighted by Crippen LogP contribution is -1.88. The Kier molecular flexibility index (Phi) is 2.46. The lowest BCUT2D eigenvalue weighted by Gasteiger charge is -2.02. The molecular weight excluding hydrogens is 234 g/mol.